The number of para-hydroxylation sites is 1. The van der Waals surface area contributed by atoms with Crippen LogP contribution in [0.4, 0.5) is 10.1 Å². The van der Waals surface area contributed by atoms with Gasteiger partial charge >= 0.3 is 0 Å². The van der Waals surface area contributed by atoms with Crippen molar-refractivity contribution in [3.05, 3.63) is 70.3 Å². The summed E-state index contributed by atoms with van der Waals surface area (Å²) in [6, 6.07) is 13.0. The molecule has 6 heterocycles. The molecule has 3 aromatic carbocycles. The number of hydrogen-bond acceptors (Lipinski definition) is 9. The maximum Gasteiger partial charge on any atom is 0.256 e. The molecule has 0 spiro atoms. The van der Waals surface area contributed by atoms with E-state index in [1.807, 2.05) is 41.3 Å². The van der Waals surface area contributed by atoms with Gasteiger partial charge in [0.05, 0.1) is 17.6 Å². The summed E-state index contributed by atoms with van der Waals surface area (Å²) in [5.74, 6) is -0.585. The number of aromatic nitrogens is 1. The predicted molar refractivity (Wildman–Crippen MR) is 207 cm³/mol. The number of halogens is 1. The quantitative estimate of drug-likeness (QED) is 0.162. The largest absolute Gasteiger partial charge is 0.456 e. The molecule has 54 heavy (non-hydrogen) atoms. The summed E-state index contributed by atoms with van der Waals surface area (Å²) < 4.78 is 31.1. The monoisotopic (exact) mass is 735 g/mol. The third-order valence-electron chi connectivity index (χ3n) is 11.7. The standard InChI is InChI=1S/C41H46FN7O5/c1-46-14-6-7-26(46)10-12-43-22-36(50)45-25-11-17-48(23-25)38-31(42)19-29-37-40(38)54-35-20-28-27-8-2-3-9-33(27)53-34(28)21-32(35)49(37)24-30(39(29)51)41(52)44-13-18-47-15-4-5-16-47/h2-3,8-9,19-21,24-26,43H,4-7,10-18,22-23H2,1H3,(H,44,52)(H,45,50)/t25-,26?/m1/s1. The zero-order valence-corrected chi connectivity index (χ0v) is 30.6. The average Bonchev–Trinajstić information content (AvgIpc) is 3.99. The number of anilines is 1. The van der Waals surface area contributed by atoms with E-state index in [9.17, 15) is 14.4 Å². The minimum atomic E-state index is -0.628. The van der Waals surface area contributed by atoms with Crippen molar-refractivity contribution in [2.75, 3.05) is 70.9 Å². The van der Waals surface area contributed by atoms with Crippen LogP contribution in [0.25, 0.3) is 38.5 Å². The van der Waals surface area contributed by atoms with E-state index in [4.69, 9.17) is 9.15 Å². The molecule has 3 N–H and O–H groups in total. The minimum Gasteiger partial charge on any atom is -0.456 e. The summed E-state index contributed by atoms with van der Waals surface area (Å²) in [5, 5.41) is 11.1. The fraction of sp³-hybridized carbons (Fsp3) is 0.439. The van der Waals surface area contributed by atoms with Gasteiger partial charge in [0, 0.05) is 61.3 Å². The molecular weight excluding hydrogens is 689 g/mol. The summed E-state index contributed by atoms with van der Waals surface area (Å²) in [5.41, 5.74) is 1.85. The van der Waals surface area contributed by atoms with Crippen molar-refractivity contribution < 1.29 is 23.1 Å². The van der Waals surface area contributed by atoms with Crippen LogP contribution in [0.5, 0.6) is 11.5 Å². The Kier molecular flexibility index (Phi) is 9.24. The molecule has 4 aliphatic rings. The second kappa shape index (κ2) is 14.3. The van der Waals surface area contributed by atoms with Gasteiger partial charge in [-0.2, -0.15) is 0 Å². The Morgan fingerprint density at radius 1 is 0.944 bits per heavy atom. The molecule has 2 amide bonds. The predicted octanol–water partition coefficient (Wildman–Crippen LogP) is 4.73. The van der Waals surface area contributed by atoms with Crippen LogP contribution in [0.3, 0.4) is 0 Å². The number of nitrogens with zero attached hydrogens (tertiary/aromatic N) is 4. The Hall–Kier alpha value is -4.98. The fourth-order valence-electron chi connectivity index (χ4n) is 8.88. The molecule has 0 aliphatic carbocycles. The highest BCUT2D eigenvalue weighted by atomic mass is 19.1. The zero-order chi connectivity index (χ0) is 36.9. The molecular formula is C41H46FN7O5. The third kappa shape index (κ3) is 6.37. The van der Waals surface area contributed by atoms with Gasteiger partial charge in [-0.15, -0.1) is 0 Å². The van der Waals surface area contributed by atoms with Crippen molar-refractivity contribution in [1.29, 1.82) is 0 Å². The lowest BCUT2D eigenvalue weighted by atomic mass is 10.0. The van der Waals surface area contributed by atoms with Gasteiger partial charge in [0.25, 0.3) is 5.91 Å². The number of fused-ring (bicyclic) bond motifs is 5. The van der Waals surface area contributed by atoms with Crippen LogP contribution in [0.15, 0.2) is 57.9 Å². The van der Waals surface area contributed by atoms with Gasteiger partial charge in [-0.25, -0.2) is 4.39 Å². The number of carbonyl (C=O) groups is 2. The van der Waals surface area contributed by atoms with Crippen LogP contribution >= 0.6 is 0 Å². The molecule has 3 fully saturated rings. The lowest BCUT2D eigenvalue weighted by molar-refractivity contribution is -0.120. The molecule has 0 radical (unpaired) electrons. The number of ether oxygens (including phenoxy) is 1. The highest BCUT2D eigenvalue weighted by Crippen LogP contribution is 2.49. The van der Waals surface area contributed by atoms with E-state index >= 15 is 4.39 Å². The van der Waals surface area contributed by atoms with E-state index in [1.54, 1.807) is 10.8 Å². The van der Waals surface area contributed by atoms with Gasteiger partial charge in [0.2, 0.25) is 11.3 Å². The first-order valence-corrected chi connectivity index (χ1v) is 19.3. The van der Waals surface area contributed by atoms with Gasteiger partial charge in [-0.05, 0) is 90.0 Å². The molecule has 282 valence electrons. The van der Waals surface area contributed by atoms with Gasteiger partial charge in [0.1, 0.15) is 27.9 Å². The SMILES string of the molecule is CN1CCCC1CCNCC(=O)N[C@@H]1CCN(c2c(F)cc3c(=O)c(C(=O)NCCN4CCCC4)cn4c3c2Oc2cc3c(cc2-4)oc2ccccc23)C1. The summed E-state index contributed by atoms with van der Waals surface area (Å²) in [4.78, 5) is 47.1. The second-order valence-electron chi connectivity index (χ2n) is 15.2. The summed E-state index contributed by atoms with van der Waals surface area (Å²) in [6.07, 6.45) is 7.87. The Labute approximate surface area is 312 Å². The van der Waals surface area contributed by atoms with Crippen LogP contribution in [0.1, 0.15) is 48.9 Å². The van der Waals surface area contributed by atoms with E-state index in [2.05, 4.69) is 32.8 Å². The van der Waals surface area contributed by atoms with Gasteiger partial charge < -0.3 is 44.4 Å². The Bertz CT molecular complexity index is 2330. The number of likely N-dealkylation sites (tertiary alicyclic amines) is 2. The van der Waals surface area contributed by atoms with Crippen molar-refractivity contribution >= 4 is 50.3 Å². The molecule has 2 aromatic heterocycles. The number of amides is 2. The van der Waals surface area contributed by atoms with E-state index < -0.39 is 17.2 Å². The number of nitrogens with one attached hydrogen (secondary N) is 3. The molecule has 2 atom stereocenters. The molecule has 1 unspecified atom stereocenters. The number of carbonyl (C=O) groups excluding carboxylic acids is 2. The van der Waals surface area contributed by atoms with Crippen LogP contribution in [-0.2, 0) is 4.79 Å². The number of rotatable bonds is 11. The number of furan rings is 1. The van der Waals surface area contributed by atoms with Crippen molar-refractivity contribution in [3.63, 3.8) is 0 Å². The first-order valence-electron chi connectivity index (χ1n) is 19.3. The lowest BCUT2D eigenvalue weighted by Crippen LogP contribution is -2.42. The van der Waals surface area contributed by atoms with E-state index in [0.717, 1.165) is 56.2 Å². The Morgan fingerprint density at radius 2 is 1.80 bits per heavy atom. The van der Waals surface area contributed by atoms with Crippen molar-refractivity contribution in [3.8, 4) is 17.2 Å². The normalized spacial score (nSPS) is 19.9. The minimum absolute atomic E-state index is 0.0488. The molecule has 0 bridgehead atoms. The van der Waals surface area contributed by atoms with Gasteiger partial charge in [-0.1, -0.05) is 18.2 Å². The highest BCUT2D eigenvalue weighted by molar-refractivity contribution is 6.07. The molecule has 13 heteroatoms. The first kappa shape index (κ1) is 34.8. The van der Waals surface area contributed by atoms with Crippen LogP contribution < -0.4 is 31.0 Å². The maximum atomic E-state index is 16.5. The maximum absolute atomic E-state index is 16.5. The molecule has 12 nitrogen and oxygen atoms in total. The van der Waals surface area contributed by atoms with Crippen molar-refractivity contribution in [2.45, 2.75) is 50.6 Å². The van der Waals surface area contributed by atoms with Crippen molar-refractivity contribution in [1.82, 2.24) is 30.3 Å². The average molecular weight is 736 g/mol. The van der Waals surface area contributed by atoms with E-state index in [1.165, 1.54) is 18.9 Å². The van der Waals surface area contributed by atoms with Gasteiger partial charge in [-0.3, -0.25) is 14.4 Å². The summed E-state index contributed by atoms with van der Waals surface area (Å²) in [7, 11) is 2.15. The van der Waals surface area contributed by atoms with Crippen molar-refractivity contribution in [2.24, 2.45) is 0 Å². The molecule has 3 saturated heterocycles. The molecule has 4 aliphatic heterocycles. The number of benzene rings is 3. The van der Waals surface area contributed by atoms with Crippen LogP contribution in [0, 0.1) is 5.82 Å². The fourth-order valence-corrected chi connectivity index (χ4v) is 8.88. The highest BCUT2D eigenvalue weighted by Gasteiger charge is 2.34. The lowest BCUT2D eigenvalue weighted by Gasteiger charge is -2.29. The molecule has 0 saturated carbocycles. The van der Waals surface area contributed by atoms with Crippen LogP contribution in [-0.4, -0.2) is 104 Å². The smallest absolute Gasteiger partial charge is 0.256 e. The number of pyridine rings is 1. The van der Waals surface area contributed by atoms with E-state index in [-0.39, 0.29) is 40.9 Å². The topological polar surface area (TPSA) is 124 Å². The zero-order valence-electron chi connectivity index (χ0n) is 30.6. The Morgan fingerprint density at radius 3 is 2.63 bits per heavy atom. The van der Waals surface area contributed by atoms with Crippen LogP contribution in [0.2, 0.25) is 0 Å². The number of hydrogen-bond donors (Lipinski definition) is 3. The molecule has 9 rings (SSSR count). The van der Waals surface area contributed by atoms with Gasteiger partial charge in [0.15, 0.2) is 17.3 Å². The van der Waals surface area contributed by atoms with E-state index in [0.29, 0.717) is 66.8 Å². The first-order chi connectivity index (χ1) is 26.3. The second-order valence-corrected chi connectivity index (χ2v) is 15.2. The summed E-state index contributed by atoms with van der Waals surface area (Å²) >= 11 is 0. The third-order valence-corrected chi connectivity index (χ3v) is 11.7. The molecule has 5 aromatic rings. The summed E-state index contributed by atoms with van der Waals surface area (Å²) in [6.45, 7) is 6.06. The Balaban J connectivity index is 1.02.